The van der Waals surface area contributed by atoms with Crippen LogP contribution in [0.1, 0.15) is 11.3 Å². The largest absolute Gasteiger partial charge is 0.461 e. The number of rotatable bonds is 6. The molecule has 0 unspecified atom stereocenters. The average Bonchev–Trinajstić information content (AvgIpc) is 3.50. The van der Waals surface area contributed by atoms with E-state index < -0.39 is 5.54 Å². The summed E-state index contributed by atoms with van der Waals surface area (Å²) in [5.74, 6) is 1.83. The molecule has 3 heterocycles. The Hall–Kier alpha value is -3.20. The molecule has 0 spiro atoms. The van der Waals surface area contributed by atoms with Crippen LogP contribution in [0.15, 0.2) is 51.4 Å². The fourth-order valence-electron chi connectivity index (χ4n) is 4.16. The van der Waals surface area contributed by atoms with Crippen LogP contribution >= 0.6 is 0 Å². The van der Waals surface area contributed by atoms with Crippen LogP contribution in [0.5, 0.6) is 0 Å². The van der Waals surface area contributed by atoms with Gasteiger partial charge >= 0.3 is 0 Å². The molecule has 8 heteroatoms. The van der Waals surface area contributed by atoms with Crippen LogP contribution in [-0.2, 0) is 6.42 Å². The van der Waals surface area contributed by atoms with Gasteiger partial charge in [0, 0.05) is 35.3 Å². The molecule has 2 aromatic carbocycles. The molecule has 4 aromatic rings. The van der Waals surface area contributed by atoms with Crippen LogP contribution in [0.25, 0.3) is 33.8 Å². The smallest absolute Gasteiger partial charge is 0.258 e. The van der Waals surface area contributed by atoms with Gasteiger partial charge in [-0.25, -0.2) is 0 Å². The number of nitrogens with zero attached hydrogens (tertiary/aromatic N) is 3. The predicted molar refractivity (Wildman–Crippen MR) is 117 cm³/mol. The zero-order valence-corrected chi connectivity index (χ0v) is 17.2. The third-order valence-corrected chi connectivity index (χ3v) is 5.81. The summed E-state index contributed by atoms with van der Waals surface area (Å²) in [6.07, 6.45) is 0.794. The fourth-order valence-corrected chi connectivity index (χ4v) is 4.16. The van der Waals surface area contributed by atoms with Gasteiger partial charge in [0.25, 0.3) is 5.89 Å². The Morgan fingerprint density at radius 3 is 2.81 bits per heavy atom. The van der Waals surface area contributed by atoms with Gasteiger partial charge in [0.05, 0.1) is 18.8 Å². The van der Waals surface area contributed by atoms with E-state index >= 15 is 0 Å². The summed E-state index contributed by atoms with van der Waals surface area (Å²) in [4.78, 5) is 6.73. The maximum atomic E-state index is 9.55. The van der Waals surface area contributed by atoms with Gasteiger partial charge in [0.1, 0.15) is 11.3 Å². The van der Waals surface area contributed by atoms with E-state index in [1.165, 1.54) is 0 Å². The zero-order chi connectivity index (χ0) is 21.6. The molecule has 0 saturated carbocycles. The number of nitrogens with two attached hydrogens (primary N) is 1. The van der Waals surface area contributed by atoms with E-state index in [1.54, 1.807) is 0 Å². The third kappa shape index (κ3) is 3.48. The summed E-state index contributed by atoms with van der Waals surface area (Å²) in [6.45, 7) is 2.44. The number of aromatic nitrogens is 2. The Morgan fingerprint density at radius 2 is 2.00 bits per heavy atom. The van der Waals surface area contributed by atoms with Crippen molar-refractivity contribution in [3.8, 4) is 22.8 Å². The highest BCUT2D eigenvalue weighted by atomic mass is 16.5. The lowest BCUT2D eigenvalue weighted by Gasteiger charge is -2.31. The van der Waals surface area contributed by atoms with Crippen LogP contribution in [0.2, 0.25) is 0 Å². The molecule has 4 N–H and O–H groups in total. The number of aliphatic hydroxyl groups excluding tert-OH is 2. The van der Waals surface area contributed by atoms with Crippen LogP contribution in [0, 0.1) is 6.92 Å². The Kier molecular flexibility index (Phi) is 4.77. The van der Waals surface area contributed by atoms with Crippen LogP contribution < -0.4 is 10.6 Å². The number of aliphatic hydroxyl groups is 2. The van der Waals surface area contributed by atoms with Crippen molar-refractivity contribution >= 4 is 16.7 Å². The van der Waals surface area contributed by atoms with Crippen LogP contribution in [-0.4, -0.2) is 52.2 Å². The molecule has 1 aliphatic heterocycles. The number of benzene rings is 2. The van der Waals surface area contributed by atoms with E-state index in [9.17, 15) is 10.2 Å². The number of hydrogen-bond donors (Lipinski definition) is 3. The van der Waals surface area contributed by atoms with E-state index in [-0.39, 0.29) is 13.2 Å². The Morgan fingerprint density at radius 1 is 1.16 bits per heavy atom. The normalized spacial score (nSPS) is 13.9. The second-order valence-corrected chi connectivity index (χ2v) is 8.19. The molecule has 0 amide bonds. The van der Waals surface area contributed by atoms with Gasteiger partial charge in [-0.05, 0) is 49.2 Å². The van der Waals surface area contributed by atoms with Crippen molar-refractivity contribution in [3.05, 3.63) is 53.8 Å². The molecule has 0 aliphatic carbocycles. The standard InChI is InChI=1S/C23H24N4O4/c1-14-9-16-10-15(5-6-20(16)30-14)22-25-21(26-31-22)18-3-2-4-19-17(18)7-8-27(19)11-23(24,12-28)13-29/h2-6,9-10,28-29H,7-8,11-13,24H2,1H3. The molecule has 31 heavy (non-hydrogen) atoms. The van der Waals surface area contributed by atoms with E-state index in [2.05, 4.69) is 15.0 Å². The van der Waals surface area contributed by atoms with Gasteiger partial charge in [0.15, 0.2) is 0 Å². The number of aryl methyl sites for hydroxylation is 1. The van der Waals surface area contributed by atoms with Crippen molar-refractivity contribution in [1.29, 1.82) is 0 Å². The summed E-state index contributed by atoms with van der Waals surface area (Å²) in [6, 6.07) is 13.7. The Balaban J connectivity index is 1.46. The van der Waals surface area contributed by atoms with Gasteiger partial charge < -0.3 is 29.8 Å². The summed E-state index contributed by atoms with van der Waals surface area (Å²) in [5.41, 5.74) is 9.73. The monoisotopic (exact) mass is 420 g/mol. The van der Waals surface area contributed by atoms with Gasteiger partial charge in [-0.3, -0.25) is 0 Å². The van der Waals surface area contributed by atoms with Gasteiger partial charge in [-0.2, -0.15) is 4.98 Å². The van der Waals surface area contributed by atoms with Crippen molar-refractivity contribution in [2.24, 2.45) is 5.73 Å². The highest BCUT2D eigenvalue weighted by Gasteiger charge is 2.31. The molecular weight excluding hydrogens is 396 g/mol. The lowest BCUT2D eigenvalue weighted by atomic mass is 10.0. The lowest BCUT2D eigenvalue weighted by molar-refractivity contribution is 0.125. The quantitative estimate of drug-likeness (QED) is 0.435. The minimum Gasteiger partial charge on any atom is -0.461 e. The second kappa shape index (κ2) is 7.49. The second-order valence-electron chi connectivity index (χ2n) is 8.19. The first-order chi connectivity index (χ1) is 15.0. The molecule has 160 valence electrons. The first-order valence-electron chi connectivity index (χ1n) is 10.2. The molecule has 2 aromatic heterocycles. The summed E-state index contributed by atoms with van der Waals surface area (Å²) in [5, 5.41) is 24.3. The average molecular weight is 420 g/mol. The third-order valence-electron chi connectivity index (χ3n) is 5.81. The molecular formula is C23H24N4O4. The lowest BCUT2D eigenvalue weighted by Crippen LogP contribution is -2.55. The molecule has 0 radical (unpaired) electrons. The van der Waals surface area contributed by atoms with E-state index in [4.69, 9.17) is 14.7 Å². The van der Waals surface area contributed by atoms with Gasteiger partial charge in [-0.1, -0.05) is 17.3 Å². The van der Waals surface area contributed by atoms with Crippen molar-refractivity contribution in [2.75, 3.05) is 31.2 Å². The van der Waals surface area contributed by atoms with Crippen LogP contribution in [0.4, 0.5) is 5.69 Å². The molecule has 0 bridgehead atoms. The maximum absolute atomic E-state index is 9.55. The number of fused-ring (bicyclic) bond motifs is 2. The Labute approximate surface area is 178 Å². The maximum Gasteiger partial charge on any atom is 0.258 e. The number of furan rings is 1. The SMILES string of the molecule is Cc1cc2cc(-c3nc(-c4cccc5c4CCN5CC(N)(CO)CO)no3)ccc2o1. The summed E-state index contributed by atoms with van der Waals surface area (Å²) >= 11 is 0. The van der Waals surface area contributed by atoms with Crippen molar-refractivity contribution in [2.45, 2.75) is 18.9 Å². The minimum absolute atomic E-state index is 0.288. The highest BCUT2D eigenvalue weighted by Crippen LogP contribution is 2.36. The van der Waals surface area contributed by atoms with E-state index in [0.717, 1.165) is 52.1 Å². The molecule has 0 fully saturated rings. The van der Waals surface area contributed by atoms with E-state index in [1.807, 2.05) is 49.4 Å². The predicted octanol–water partition coefficient (Wildman–Crippen LogP) is 2.50. The van der Waals surface area contributed by atoms with E-state index in [0.29, 0.717) is 18.3 Å². The van der Waals surface area contributed by atoms with Crippen molar-refractivity contribution in [1.82, 2.24) is 10.1 Å². The fraction of sp³-hybridized carbons (Fsp3) is 0.304. The minimum atomic E-state index is -1.05. The topological polar surface area (TPSA) is 122 Å². The first kappa shape index (κ1) is 19.7. The van der Waals surface area contributed by atoms with Crippen molar-refractivity contribution < 1.29 is 19.2 Å². The molecule has 0 atom stereocenters. The number of anilines is 1. The zero-order valence-electron chi connectivity index (χ0n) is 17.2. The van der Waals surface area contributed by atoms with Gasteiger partial charge in [0.2, 0.25) is 5.82 Å². The molecule has 0 saturated heterocycles. The highest BCUT2D eigenvalue weighted by molar-refractivity contribution is 5.83. The summed E-state index contributed by atoms with van der Waals surface area (Å²) < 4.78 is 11.2. The molecule has 5 rings (SSSR count). The first-order valence-corrected chi connectivity index (χ1v) is 10.2. The molecule has 8 nitrogen and oxygen atoms in total. The van der Waals surface area contributed by atoms with Crippen LogP contribution in [0.3, 0.4) is 0 Å². The van der Waals surface area contributed by atoms with Crippen molar-refractivity contribution in [3.63, 3.8) is 0 Å². The summed E-state index contributed by atoms with van der Waals surface area (Å²) in [7, 11) is 0. The Bertz CT molecular complexity index is 1240. The van der Waals surface area contributed by atoms with Gasteiger partial charge in [-0.15, -0.1) is 0 Å². The number of hydrogen-bond acceptors (Lipinski definition) is 8. The molecule has 1 aliphatic rings.